The van der Waals surface area contributed by atoms with E-state index in [0.29, 0.717) is 16.4 Å². The highest BCUT2D eigenvalue weighted by Crippen LogP contribution is 2.22. The summed E-state index contributed by atoms with van der Waals surface area (Å²) < 4.78 is 0. The molecule has 0 atom stereocenters. The van der Waals surface area contributed by atoms with E-state index in [4.69, 9.17) is 17.3 Å². The molecule has 4 N–H and O–H groups in total. The van der Waals surface area contributed by atoms with E-state index in [9.17, 15) is 9.59 Å². The molecule has 21 heavy (non-hydrogen) atoms. The fourth-order valence-electron chi connectivity index (χ4n) is 1.56. The molecule has 2 amide bonds. The Kier molecular flexibility index (Phi) is 4.73. The van der Waals surface area contributed by atoms with Gasteiger partial charge in [-0.1, -0.05) is 11.6 Å². The molecule has 6 nitrogen and oxygen atoms in total. The van der Waals surface area contributed by atoms with Crippen LogP contribution in [0.4, 0.5) is 11.4 Å². The van der Waals surface area contributed by atoms with Gasteiger partial charge in [0.05, 0.1) is 10.7 Å². The zero-order chi connectivity index (χ0) is 15.2. The summed E-state index contributed by atoms with van der Waals surface area (Å²) in [6, 6.07) is 8.09. The fourth-order valence-corrected chi connectivity index (χ4v) is 1.74. The number of nitrogens with two attached hydrogens (primary N) is 1. The van der Waals surface area contributed by atoms with Gasteiger partial charge in [0.25, 0.3) is 0 Å². The molecule has 1 aromatic carbocycles. The molecule has 1 aromatic heterocycles. The van der Waals surface area contributed by atoms with Gasteiger partial charge >= 0.3 is 11.8 Å². The second kappa shape index (κ2) is 6.71. The summed E-state index contributed by atoms with van der Waals surface area (Å²) in [7, 11) is 0. The van der Waals surface area contributed by atoms with Crippen molar-refractivity contribution >= 4 is 34.8 Å². The number of carbonyl (C=O) groups excluding carboxylic acids is 2. The highest BCUT2D eigenvalue weighted by Gasteiger charge is 2.13. The molecule has 0 radical (unpaired) electrons. The molecule has 0 aliphatic rings. The Bertz CT molecular complexity index is 661. The molecule has 7 heteroatoms. The number of nitrogen functional groups attached to an aromatic ring is 1. The average Bonchev–Trinajstić information content (AvgIpc) is 2.49. The van der Waals surface area contributed by atoms with Gasteiger partial charge in [-0.15, -0.1) is 0 Å². The molecule has 0 bridgehead atoms. The first-order valence-corrected chi connectivity index (χ1v) is 6.47. The SMILES string of the molecule is Nc1ccc(NC(=O)C(=O)NCc2ccncc2)cc1Cl. The Morgan fingerprint density at radius 2 is 1.86 bits per heavy atom. The Balaban J connectivity index is 1.90. The largest absolute Gasteiger partial charge is 0.398 e. The van der Waals surface area contributed by atoms with Crippen LogP contribution in [-0.2, 0) is 16.1 Å². The molecule has 0 aliphatic heterocycles. The van der Waals surface area contributed by atoms with E-state index in [1.165, 1.54) is 6.07 Å². The maximum absolute atomic E-state index is 11.7. The first-order chi connectivity index (χ1) is 10.1. The van der Waals surface area contributed by atoms with Crippen molar-refractivity contribution in [1.82, 2.24) is 10.3 Å². The van der Waals surface area contributed by atoms with Gasteiger partial charge < -0.3 is 16.4 Å². The standard InChI is InChI=1S/C14H13ClN4O2/c15-11-7-10(1-2-12(11)16)19-14(21)13(20)18-8-9-3-5-17-6-4-9/h1-7H,8,16H2,(H,18,20)(H,19,21). The first kappa shape index (κ1) is 14.8. The summed E-state index contributed by atoms with van der Waals surface area (Å²) in [6.45, 7) is 0.247. The van der Waals surface area contributed by atoms with Gasteiger partial charge in [0, 0.05) is 24.6 Å². The smallest absolute Gasteiger partial charge is 0.313 e. The van der Waals surface area contributed by atoms with Crippen molar-refractivity contribution in [2.45, 2.75) is 6.54 Å². The lowest BCUT2D eigenvalue weighted by Crippen LogP contribution is -2.34. The number of hydrogen-bond acceptors (Lipinski definition) is 4. The molecule has 2 aromatic rings. The maximum atomic E-state index is 11.7. The Hall–Kier alpha value is -2.60. The van der Waals surface area contributed by atoms with E-state index < -0.39 is 11.8 Å². The van der Waals surface area contributed by atoms with Gasteiger partial charge in [-0.05, 0) is 35.9 Å². The number of aromatic nitrogens is 1. The second-order valence-corrected chi connectivity index (χ2v) is 4.64. The third-order valence-corrected chi connectivity index (χ3v) is 2.99. The van der Waals surface area contributed by atoms with Gasteiger partial charge in [-0.3, -0.25) is 14.6 Å². The molecule has 108 valence electrons. The Labute approximate surface area is 126 Å². The van der Waals surface area contributed by atoms with Crippen LogP contribution in [0.2, 0.25) is 5.02 Å². The number of amides is 2. The number of benzene rings is 1. The van der Waals surface area contributed by atoms with Crippen LogP contribution in [0.25, 0.3) is 0 Å². The summed E-state index contributed by atoms with van der Waals surface area (Å²) in [5, 5.41) is 5.26. The number of nitrogens with zero attached hydrogens (tertiary/aromatic N) is 1. The molecular formula is C14H13ClN4O2. The molecule has 0 saturated heterocycles. The van der Waals surface area contributed by atoms with Crippen LogP contribution < -0.4 is 16.4 Å². The van der Waals surface area contributed by atoms with Gasteiger partial charge in [-0.25, -0.2) is 0 Å². The van der Waals surface area contributed by atoms with Crippen molar-refractivity contribution in [3.63, 3.8) is 0 Å². The molecule has 0 unspecified atom stereocenters. The number of nitrogens with one attached hydrogen (secondary N) is 2. The second-order valence-electron chi connectivity index (χ2n) is 4.23. The van der Waals surface area contributed by atoms with E-state index in [1.54, 1.807) is 36.7 Å². The molecule has 0 aliphatic carbocycles. The topological polar surface area (TPSA) is 97.1 Å². The summed E-state index contributed by atoms with van der Waals surface area (Å²) in [5.41, 5.74) is 7.21. The quantitative estimate of drug-likeness (QED) is 0.592. The minimum Gasteiger partial charge on any atom is -0.398 e. The van der Waals surface area contributed by atoms with Gasteiger partial charge in [0.2, 0.25) is 0 Å². The normalized spacial score (nSPS) is 9.95. The summed E-state index contributed by atoms with van der Waals surface area (Å²) >= 11 is 5.84. The molecule has 0 fully saturated rings. The van der Waals surface area contributed by atoms with E-state index in [-0.39, 0.29) is 6.54 Å². The van der Waals surface area contributed by atoms with Gasteiger partial charge in [0.1, 0.15) is 0 Å². The number of anilines is 2. The molecule has 0 spiro atoms. The van der Waals surface area contributed by atoms with Crippen LogP contribution in [0.1, 0.15) is 5.56 Å². The van der Waals surface area contributed by atoms with Crippen LogP contribution in [0.5, 0.6) is 0 Å². The number of pyridine rings is 1. The minimum absolute atomic E-state index is 0.247. The van der Waals surface area contributed by atoms with Crippen LogP contribution in [0.15, 0.2) is 42.7 Å². The molecule has 1 heterocycles. The fraction of sp³-hybridized carbons (Fsp3) is 0.0714. The van der Waals surface area contributed by atoms with Crippen LogP contribution in [0, 0.1) is 0 Å². The Morgan fingerprint density at radius 3 is 2.52 bits per heavy atom. The van der Waals surface area contributed by atoms with E-state index in [2.05, 4.69) is 15.6 Å². The van der Waals surface area contributed by atoms with Crippen molar-refractivity contribution < 1.29 is 9.59 Å². The van der Waals surface area contributed by atoms with Crippen molar-refractivity contribution in [2.75, 3.05) is 11.1 Å². The third-order valence-electron chi connectivity index (χ3n) is 2.67. The van der Waals surface area contributed by atoms with E-state index in [1.807, 2.05) is 0 Å². The van der Waals surface area contributed by atoms with Crippen LogP contribution in [-0.4, -0.2) is 16.8 Å². The zero-order valence-electron chi connectivity index (χ0n) is 11.0. The van der Waals surface area contributed by atoms with Crippen LogP contribution in [0.3, 0.4) is 0 Å². The predicted octanol–water partition coefficient (Wildman–Crippen LogP) is 1.57. The highest BCUT2D eigenvalue weighted by atomic mass is 35.5. The van der Waals surface area contributed by atoms with E-state index in [0.717, 1.165) is 5.56 Å². The first-order valence-electron chi connectivity index (χ1n) is 6.09. The Morgan fingerprint density at radius 1 is 1.14 bits per heavy atom. The lowest BCUT2D eigenvalue weighted by atomic mass is 10.2. The monoisotopic (exact) mass is 304 g/mol. The predicted molar refractivity (Wildman–Crippen MR) is 80.6 cm³/mol. The number of halogens is 1. The van der Waals surface area contributed by atoms with Gasteiger partial charge in [-0.2, -0.15) is 0 Å². The van der Waals surface area contributed by atoms with E-state index >= 15 is 0 Å². The number of carbonyl (C=O) groups is 2. The zero-order valence-corrected chi connectivity index (χ0v) is 11.7. The van der Waals surface area contributed by atoms with Crippen molar-refractivity contribution in [3.8, 4) is 0 Å². The average molecular weight is 305 g/mol. The lowest BCUT2D eigenvalue weighted by molar-refractivity contribution is -0.136. The number of rotatable bonds is 3. The highest BCUT2D eigenvalue weighted by molar-refractivity contribution is 6.40. The van der Waals surface area contributed by atoms with Crippen molar-refractivity contribution in [3.05, 3.63) is 53.3 Å². The molecule has 2 rings (SSSR count). The minimum atomic E-state index is -0.773. The lowest BCUT2D eigenvalue weighted by Gasteiger charge is -2.07. The third kappa shape index (κ3) is 4.19. The maximum Gasteiger partial charge on any atom is 0.313 e. The summed E-state index contributed by atoms with van der Waals surface area (Å²) in [5.74, 6) is -1.51. The molecular weight excluding hydrogens is 292 g/mol. The van der Waals surface area contributed by atoms with Gasteiger partial charge in [0.15, 0.2) is 0 Å². The van der Waals surface area contributed by atoms with Crippen molar-refractivity contribution in [2.24, 2.45) is 0 Å². The summed E-state index contributed by atoms with van der Waals surface area (Å²) in [4.78, 5) is 27.3. The van der Waals surface area contributed by atoms with Crippen molar-refractivity contribution in [1.29, 1.82) is 0 Å². The number of hydrogen-bond donors (Lipinski definition) is 3. The van der Waals surface area contributed by atoms with Crippen LogP contribution >= 0.6 is 11.6 Å². The summed E-state index contributed by atoms with van der Waals surface area (Å²) in [6.07, 6.45) is 3.22. The molecule has 0 saturated carbocycles.